The van der Waals surface area contributed by atoms with Crippen LogP contribution in [-0.4, -0.2) is 18.1 Å². The topological polar surface area (TPSA) is 77.8 Å². The van der Waals surface area contributed by atoms with E-state index in [0.717, 1.165) is 37.0 Å². The summed E-state index contributed by atoms with van der Waals surface area (Å²) < 4.78 is 53.9. The molecule has 0 radical (unpaired) electrons. The third-order valence-electron chi connectivity index (χ3n) is 6.81. The molecule has 1 fully saturated rings. The van der Waals surface area contributed by atoms with Crippen molar-refractivity contribution in [2.24, 2.45) is 0 Å². The predicted molar refractivity (Wildman–Crippen MR) is 145 cm³/mol. The molecule has 6 nitrogen and oxygen atoms in total. The summed E-state index contributed by atoms with van der Waals surface area (Å²) in [5.74, 6) is -0.261. The Kier molecular flexibility index (Phi) is 6.85. The molecule has 40 heavy (non-hydrogen) atoms. The van der Waals surface area contributed by atoms with E-state index in [-0.39, 0.29) is 22.3 Å². The van der Waals surface area contributed by atoms with E-state index in [2.05, 4.69) is 10.1 Å². The highest BCUT2D eigenvalue weighted by Gasteiger charge is 2.41. The highest BCUT2D eigenvalue weighted by Crippen LogP contribution is 2.42. The molecule has 1 N–H and O–H groups in total. The summed E-state index contributed by atoms with van der Waals surface area (Å²) in [6.07, 6.45) is -2.92. The van der Waals surface area contributed by atoms with E-state index in [1.165, 1.54) is 6.07 Å². The SMILES string of the molecule is CC(C)(C)OC(=O)NC1(c2ccc(-c3c(-c4ccccc4)oc4cc(OC(F)(F)F)ccc4c3=O)cc2)CCC1. The fraction of sp³-hybridized carbons (Fsp3) is 0.290. The molecule has 0 atom stereocenters. The molecule has 5 rings (SSSR count). The van der Waals surface area contributed by atoms with E-state index in [0.29, 0.717) is 11.1 Å². The van der Waals surface area contributed by atoms with Crippen molar-refractivity contribution in [2.45, 2.75) is 57.5 Å². The molecule has 9 heteroatoms. The summed E-state index contributed by atoms with van der Waals surface area (Å²) in [6.45, 7) is 5.41. The first-order valence-electron chi connectivity index (χ1n) is 12.9. The van der Waals surface area contributed by atoms with Crippen LogP contribution in [0.4, 0.5) is 18.0 Å². The van der Waals surface area contributed by atoms with Crippen LogP contribution < -0.4 is 15.5 Å². The Morgan fingerprint density at radius 2 is 1.60 bits per heavy atom. The maximum Gasteiger partial charge on any atom is 0.573 e. The van der Waals surface area contributed by atoms with Gasteiger partial charge in [-0.15, -0.1) is 13.2 Å². The lowest BCUT2D eigenvalue weighted by atomic mass is 9.71. The normalized spacial score (nSPS) is 14.8. The first-order chi connectivity index (χ1) is 18.8. The molecule has 3 aromatic carbocycles. The largest absolute Gasteiger partial charge is 0.573 e. The Balaban J connectivity index is 1.57. The molecule has 4 aromatic rings. The Morgan fingerprint density at radius 1 is 0.925 bits per heavy atom. The highest BCUT2D eigenvalue weighted by molar-refractivity contribution is 5.89. The van der Waals surface area contributed by atoms with E-state index >= 15 is 0 Å². The molecule has 1 aliphatic rings. The third-order valence-corrected chi connectivity index (χ3v) is 6.81. The van der Waals surface area contributed by atoms with Gasteiger partial charge in [-0.2, -0.15) is 0 Å². The minimum Gasteiger partial charge on any atom is -0.455 e. The third kappa shape index (κ3) is 5.68. The number of nitrogens with one attached hydrogen (secondary N) is 1. The van der Waals surface area contributed by atoms with Gasteiger partial charge in [0.2, 0.25) is 5.43 Å². The van der Waals surface area contributed by atoms with E-state index in [1.54, 1.807) is 57.2 Å². The molecule has 208 valence electrons. The van der Waals surface area contributed by atoms with Gasteiger partial charge in [0.1, 0.15) is 22.7 Å². The molecule has 0 spiro atoms. The Hall–Kier alpha value is -4.27. The Bertz CT molecular complexity index is 1600. The van der Waals surface area contributed by atoms with Crippen LogP contribution >= 0.6 is 0 Å². The molecule has 1 saturated carbocycles. The number of carbonyl (C=O) groups is 1. The number of alkyl halides is 3. The van der Waals surface area contributed by atoms with Gasteiger partial charge in [0.25, 0.3) is 0 Å². The van der Waals surface area contributed by atoms with Gasteiger partial charge in [-0.25, -0.2) is 4.79 Å². The average Bonchev–Trinajstić information content (AvgIpc) is 2.85. The molecule has 0 saturated heterocycles. The van der Waals surface area contributed by atoms with Gasteiger partial charge < -0.3 is 19.2 Å². The van der Waals surface area contributed by atoms with Gasteiger partial charge in [-0.1, -0.05) is 54.6 Å². The van der Waals surface area contributed by atoms with Crippen LogP contribution in [0, 0.1) is 0 Å². The molecular formula is C31H28F3NO5. The molecule has 1 amide bonds. The van der Waals surface area contributed by atoms with Crippen molar-refractivity contribution < 1.29 is 31.9 Å². The number of alkyl carbamates (subject to hydrolysis) is 1. The summed E-state index contributed by atoms with van der Waals surface area (Å²) >= 11 is 0. The Labute approximate surface area is 228 Å². The fourth-order valence-electron chi connectivity index (χ4n) is 4.90. The van der Waals surface area contributed by atoms with Crippen LogP contribution in [-0.2, 0) is 10.3 Å². The lowest BCUT2D eigenvalue weighted by Crippen LogP contribution is -2.52. The fourth-order valence-corrected chi connectivity index (χ4v) is 4.90. The van der Waals surface area contributed by atoms with Gasteiger partial charge >= 0.3 is 12.5 Å². The van der Waals surface area contributed by atoms with Crippen LogP contribution in [0.2, 0.25) is 0 Å². The predicted octanol–water partition coefficient (Wildman–Crippen LogP) is 7.93. The van der Waals surface area contributed by atoms with Gasteiger partial charge in [-0.05, 0) is 63.3 Å². The maximum absolute atomic E-state index is 13.8. The molecule has 0 unspecified atom stereocenters. The first-order valence-corrected chi connectivity index (χ1v) is 12.9. The number of halogens is 3. The number of ether oxygens (including phenoxy) is 2. The average molecular weight is 552 g/mol. The summed E-state index contributed by atoms with van der Waals surface area (Å²) in [6, 6.07) is 19.6. The van der Waals surface area contributed by atoms with Crippen LogP contribution in [0.25, 0.3) is 33.4 Å². The van der Waals surface area contributed by atoms with Gasteiger partial charge in [0, 0.05) is 11.6 Å². The number of hydrogen-bond donors (Lipinski definition) is 1. The standard InChI is InChI=1S/C31H28F3NO5/c1-29(2,3)40-28(37)35-30(16-7-17-30)21-12-10-19(11-13-21)25-26(36)23-15-14-22(39-31(32,33)34)18-24(23)38-27(25)20-8-5-4-6-9-20/h4-6,8-15,18H,7,16-17H2,1-3H3,(H,35,37). The lowest BCUT2D eigenvalue weighted by molar-refractivity contribution is -0.274. The minimum absolute atomic E-state index is 0.0269. The smallest absolute Gasteiger partial charge is 0.455 e. The lowest BCUT2D eigenvalue weighted by Gasteiger charge is -2.43. The summed E-state index contributed by atoms with van der Waals surface area (Å²) in [5.41, 5.74) is 0.705. The van der Waals surface area contributed by atoms with E-state index in [9.17, 15) is 22.8 Å². The highest BCUT2D eigenvalue weighted by atomic mass is 19.4. The zero-order chi connectivity index (χ0) is 28.7. The molecule has 0 aliphatic heterocycles. The zero-order valence-electron chi connectivity index (χ0n) is 22.2. The molecule has 1 heterocycles. The number of benzene rings is 3. The van der Waals surface area contributed by atoms with Crippen LogP contribution in [0.3, 0.4) is 0 Å². The summed E-state index contributed by atoms with van der Waals surface area (Å²) in [7, 11) is 0. The second kappa shape index (κ2) is 10.0. The second-order valence-electron chi connectivity index (χ2n) is 10.8. The number of hydrogen-bond acceptors (Lipinski definition) is 5. The van der Waals surface area contributed by atoms with Crippen molar-refractivity contribution in [1.82, 2.24) is 5.32 Å². The monoisotopic (exact) mass is 551 g/mol. The second-order valence-corrected chi connectivity index (χ2v) is 10.8. The quantitative estimate of drug-likeness (QED) is 0.273. The van der Waals surface area contributed by atoms with Crippen molar-refractivity contribution >= 4 is 17.1 Å². The number of fused-ring (bicyclic) bond motifs is 1. The van der Waals surface area contributed by atoms with E-state index < -0.39 is 34.8 Å². The number of amides is 1. The Morgan fingerprint density at radius 3 is 2.17 bits per heavy atom. The zero-order valence-corrected chi connectivity index (χ0v) is 22.2. The van der Waals surface area contributed by atoms with Gasteiger partial charge in [0.15, 0.2) is 0 Å². The van der Waals surface area contributed by atoms with Gasteiger partial charge in [0.05, 0.1) is 16.5 Å². The van der Waals surface area contributed by atoms with Gasteiger partial charge in [-0.3, -0.25) is 4.79 Å². The molecule has 1 aromatic heterocycles. The van der Waals surface area contributed by atoms with E-state index in [1.807, 2.05) is 18.2 Å². The van der Waals surface area contributed by atoms with Crippen molar-refractivity contribution in [3.8, 4) is 28.2 Å². The van der Waals surface area contributed by atoms with Crippen LogP contribution in [0.1, 0.15) is 45.6 Å². The number of rotatable bonds is 5. The first kappa shape index (κ1) is 27.3. The van der Waals surface area contributed by atoms with Crippen LogP contribution in [0.15, 0.2) is 82.0 Å². The number of carbonyl (C=O) groups excluding carboxylic acids is 1. The minimum atomic E-state index is -4.88. The molecule has 1 aliphatic carbocycles. The molecular weight excluding hydrogens is 523 g/mol. The van der Waals surface area contributed by atoms with Crippen molar-refractivity contribution in [3.63, 3.8) is 0 Å². The maximum atomic E-state index is 13.8. The molecule has 0 bridgehead atoms. The van der Waals surface area contributed by atoms with E-state index in [4.69, 9.17) is 9.15 Å². The summed E-state index contributed by atoms with van der Waals surface area (Å²) in [5, 5.41) is 3.14. The van der Waals surface area contributed by atoms with Crippen molar-refractivity contribution in [1.29, 1.82) is 0 Å². The van der Waals surface area contributed by atoms with Crippen molar-refractivity contribution in [3.05, 3.63) is 88.6 Å². The van der Waals surface area contributed by atoms with Crippen LogP contribution in [0.5, 0.6) is 5.75 Å². The van der Waals surface area contributed by atoms with Crippen molar-refractivity contribution in [2.75, 3.05) is 0 Å². The summed E-state index contributed by atoms with van der Waals surface area (Å²) in [4.78, 5) is 26.3.